The summed E-state index contributed by atoms with van der Waals surface area (Å²) >= 11 is 0. The van der Waals surface area contributed by atoms with E-state index in [1.165, 1.54) is 19.2 Å². The summed E-state index contributed by atoms with van der Waals surface area (Å²) in [5, 5.41) is 8.85. The number of methoxy groups -OCH3 is 1. The molecule has 0 atom stereocenters. The molecule has 1 aliphatic heterocycles. The van der Waals surface area contributed by atoms with Crippen molar-refractivity contribution in [3.63, 3.8) is 0 Å². The first-order valence-corrected chi connectivity index (χ1v) is 7.38. The average molecular weight is 320 g/mol. The van der Waals surface area contributed by atoms with Gasteiger partial charge in [-0.25, -0.2) is 4.79 Å². The Morgan fingerprint density at radius 3 is 2.00 bits per heavy atom. The molecule has 1 saturated heterocycles. The second-order valence-electron chi connectivity index (χ2n) is 5.37. The molecule has 1 aliphatic rings. The third-order valence-corrected chi connectivity index (χ3v) is 3.81. The van der Waals surface area contributed by atoms with Gasteiger partial charge in [-0.2, -0.15) is 0 Å². The van der Waals surface area contributed by atoms with Crippen molar-refractivity contribution in [3.05, 3.63) is 35.4 Å². The standard InChI is InChI=1S/C16H20N2O5/c1-23-11-15(20)18-8-6-17(7-9-18)14(19)10-12-2-4-13(5-3-12)16(21)22/h2-5H,6-11H2,1H3,(H,21,22). The third kappa shape index (κ3) is 4.53. The highest BCUT2D eigenvalue weighted by Crippen LogP contribution is 2.09. The molecule has 0 aliphatic carbocycles. The first-order chi connectivity index (χ1) is 11.0. The number of rotatable bonds is 5. The van der Waals surface area contributed by atoms with Gasteiger partial charge in [0, 0.05) is 33.3 Å². The van der Waals surface area contributed by atoms with Crippen LogP contribution in [0.5, 0.6) is 0 Å². The molecule has 0 saturated carbocycles. The van der Waals surface area contributed by atoms with Gasteiger partial charge in [-0.3, -0.25) is 9.59 Å². The van der Waals surface area contributed by atoms with Gasteiger partial charge in [0.2, 0.25) is 11.8 Å². The van der Waals surface area contributed by atoms with Gasteiger partial charge in [-0.1, -0.05) is 12.1 Å². The van der Waals surface area contributed by atoms with Crippen LogP contribution in [-0.4, -0.2) is 72.6 Å². The van der Waals surface area contributed by atoms with Crippen LogP contribution in [-0.2, 0) is 20.7 Å². The van der Waals surface area contributed by atoms with E-state index in [1.807, 2.05) is 0 Å². The van der Waals surface area contributed by atoms with Crippen LogP contribution in [0.25, 0.3) is 0 Å². The zero-order chi connectivity index (χ0) is 16.8. The fourth-order valence-electron chi connectivity index (χ4n) is 2.47. The van der Waals surface area contributed by atoms with Crippen molar-refractivity contribution < 1.29 is 24.2 Å². The summed E-state index contributed by atoms with van der Waals surface area (Å²) in [5.74, 6) is -1.07. The minimum Gasteiger partial charge on any atom is -0.478 e. The van der Waals surface area contributed by atoms with Gasteiger partial charge in [0.05, 0.1) is 12.0 Å². The summed E-state index contributed by atoms with van der Waals surface area (Å²) in [7, 11) is 1.48. The molecule has 7 heteroatoms. The lowest BCUT2D eigenvalue weighted by molar-refractivity contribution is -0.141. The highest BCUT2D eigenvalue weighted by atomic mass is 16.5. The Bertz CT molecular complexity index is 577. The van der Waals surface area contributed by atoms with E-state index in [9.17, 15) is 14.4 Å². The van der Waals surface area contributed by atoms with Gasteiger partial charge in [-0.15, -0.1) is 0 Å². The lowest BCUT2D eigenvalue weighted by atomic mass is 10.1. The molecule has 1 aromatic rings. The maximum Gasteiger partial charge on any atom is 0.335 e. The van der Waals surface area contributed by atoms with Gasteiger partial charge in [0.25, 0.3) is 0 Å². The van der Waals surface area contributed by atoms with E-state index in [1.54, 1.807) is 21.9 Å². The second-order valence-corrected chi connectivity index (χ2v) is 5.37. The van der Waals surface area contributed by atoms with Gasteiger partial charge in [0.15, 0.2) is 0 Å². The molecule has 0 unspecified atom stereocenters. The number of carbonyl (C=O) groups excluding carboxylic acids is 2. The fourth-order valence-corrected chi connectivity index (χ4v) is 2.47. The summed E-state index contributed by atoms with van der Waals surface area (Å²) < 4.78 is 4.82. The fraction of sp³-hybridized carbons (Fsp3) is 0.438. The van der Waals surface area contributed by atoms with Crippen LogP contribution < -0.4 is 0 Å². The van der Waals surface area contributed by atoms with Crippen molar-refractivity contribution in [1.29, 1.82) is 0 Å². The van der Waals surface area contributed by atoms with Crippen molar-refractivity contribution in [2.24, 2.45) is 0 Å². The lowest BCUT2D eigenvalue weighted by Gasteiger charge is -2.34. The number of hydrogen-bond acceptors (Lipinski definition) is 4. The van der Waals surface area contributed by atoms with E-state index in [2.05, 4.69) is 0 Å². The lowest BCUT2D eigenvalue weighted by Crippen LogP contribution is -2.51. The van der Waals surface area contributed by atoms with Crippen molar-refractivity contribution in [2.75, 3.05) is 39.9 Å². The number of carboxylic acid groups (broad SMARTS) is 1. The monoisotopic (exact) mass is 320 g/mol. The summed E-state index contributed by atoms with van der Waals surface area (Å²) in [6, 6.07) is 6.29. The van der Waals surface area contributed by atoms with Crippen LogP contribution in [0.2, 0.25) is 0 Å². The zero-order valence-electron chi connectivity index (χ0n) is 13.0. The smallest absolute Gasteiger partial charge is 0.335 e. The number of piperazine rings is 1. The topological polar surface area (TPSA) is 87.2 Å². The summed E-state index contributed by atoms with van der Waals surface area (Å²) in [5.41, 5.74) is 0.976. The van der Waals surface area contributed by atoms with Crippen molar-refractivity contribution in [3.8, 4) is 0 Å². The molecule has 0 radical (unpaired) electrons. The second kappa shape index (κ2) is 7.73. The van der Waals surface area contributed by atoms with E-state index in [0.29, 0.717) is 26.2 Å². The Kier molecular flexibility index (Phi) is 5.70. The van der Waals surface area contributed by atoms with Crippen LogP contribution in [0.15, 0.2) is 24.3 Å². The largest absolute Gasteiger partial charge is 0.478 e. The van der Waals surface area contributed by atoms with Gasteiger partial charge in [0.1, 0.15) is 6.61 Å². The maximum atomic E-state index is 12.3. The van der Waals surface area contributed by atoms with Crippen molar-refractivity contribution in [2.45, 2.75) is 6.42 Å². The predicted molar refractivity (Wildman–Crippen MR) is 82.1 cm³/mol. The SMILES string of the molecule is COCC(=O)N1CCN(C(=O)Cc2ccc(C(=O)O)cc2)CC1. The molecule has 1 fully saturated rings. The first-order valence-electron chi connectivity index (χ1n) is 7.38. The molecule has 1 aromatic carbocycles. The summed E-state index contributed by atoms with van der Waals surface area (Å²) in [4.78, 5) is 38.2. The van der Waals surface area contributed by atoms with Crippen LogP contribution in [0.1, 0.15) is 15.9 Å². The van der Waals surface area contributed by atoms with Gasteiger partial charge < -0.3 is 19.6 Å². The number of nitrogens with zero attached hydrogens (tertiary/aromatic N) is 2. The summed E-state index contributed by atoms with van der Waals surface area (Å²) in [6.45, 7) is 2.07. The molecule has 7 nitrogen and oxygen atoms in total. The molecule has 1 heterocycles. The Hall–Kier alpha value is -2.41. The Morgan fingerprint density at radius 1 is 1.00 bits per heavy atom. The van der Waals surface area contributed by atoms with E-state index < -0.39 is 5.97 Å². The van der Waals surface area contributed by atoms with E-state index in [-0.39, 0.29) is 30.4 Å². The summed E-state index contributed by atoms with van der Waals surface area (Å²) in [6.07, 6.45) is 0.228. The highest BCUT2D eigenvalue weighted by Gasteiger charge is 2.23. The molecule has 0 spiro atoms. The van der Waals surface area contributed by atoms with Crippen molar-refractivity contribution in [1.82, 2.24) is 9.80 Å². The third-order valence-electron chi connectivity index (χ3n) is 3.81. The normalized spacial score (nSPS) is 14.7. The quantitative estimate of drug-likeness (QED) is 0.840. The number of carboxylic acids is 1. The average Bonchev–Trinajstić information content (AvgIpc) is 2.55. The number of aromatic carboxylic acids is 1. The number of hydrogen-bond donors (Lipinski definition) is 1. The highest BCUT2D eigenvalue weighted by molar-refractivity contribution is 5.87. The molecule has 23 heavy (non-hydrogen) atoms. The first kappa shape index (κ1) is 17.0. The van der Waals surface area contributed by atoms with Crippen LogP contribution in [0.4, 0.5) is 0 Å². The van der Waals surface area contributed by atoms with E-state index >= 15 is 0 Å². The number of ether oxygens (including phenoxy) is 1. The molecule has 2 amide bonds. The molecule has 2 rings (SSSR count). The predicted octanol–water partition coefficient (Wildman–Crippen LogP) is 0.245. The molecule has 124 valence electrons. The Balaban J connectivity index is 1.85. The van der Waals surface area contributed by atoms with Crippen molar-refractivity contribution >= 4 is 17.8 Å². The minimum atomic E-state index is -0.986. The van der Waals surface area contributed by atoms with Crippen LogP contribution in [0, 0.1) is 0 Å². The minimum absolute atomic E-state index is 0.0214. The van der Waals surface area contributed by atoms with E-state index in [0.717, 1.165) is 5.56 Å². The Morgan fingerprint density at radius 2 is 1.52 bits per heavy atom. The van der Waals surface area contributed by atoms with Crippen LogP contribution >= 0.6 is 0 Å². The van der Waals surface area contributed by atoms with Gasteiger partial charge in [-0.05, 0) is 17.7 Å². The number of benzene rings is 1. The molecular weight excluding hydrogens is 300 g/mol. The number of carbonyl (C=O) groups is 3. The Labute approximate surface area is 134 Å². The molecular formula is C16H20N2O5. The number of amides is 2. The zero-order valence-corrected chi connectivity index (χ0v) is 13.0. The van der Waals surface area contributed by atoms with Gasteiger partial charge >= 0.3 is 5.97 Å². The molecule has 0 aromatic heterocycles. The van der Waals surface area contributed by atoms with E-state index in [4.69, 9.17) is 9.84 Å². The van der Waals surface area contributed by atoms with Crippen LogP contribution in [0.3, 0.4) is 0 Å². The molecule has 0 bridgehead atoms. The maximum absolute atomic E-state index is 12.3. The molecule has 1 N–H and O–H groups in total.